The molecule has 1 aromatic carbocycles. The number of benzene rings is 1. The van der Waals surface area contributed by atoms with Gasteiger partial charge in [-0.2, -0.15) is 0 Å². The van der Waals surface area contributed by atoms with E-state index in [1.807, 2.05) is 0 Å². The molecule has 2 aromatic rings. The van der Waals surface area contributed by atoms with Crippen molar-refractivity contribution < 1.29 is 18.3 Å². The first-order chi connectivity index (χ1) is 11.0. The Bertz CT molecular complexity index is 822. The number of aromatic nitrogens is 1. The van der Waals surface area contributed by atoms with E-state index in [4.69, 9.17) is 10.5 Å². The number of ether oxygens (including phenoxy) is 1. The molecule has 6 heteroatoms. The minimum absolute atomic E-state index is 0.0661. The maximum absolute atomic E-state index is 14.2. The maximum atomic E-state index is 14.2. The quantitative estimate of drug-likeness (QED) is 0.926. The van der Waals surface area contributed by atoms with E-state index in [0.717, 1.165) is 24.5 Å². The van der Waals surface area contributed by atoms with Crippen LogP contribution in [0.1, 0.15) is 40.7 Å². The molecule has 0 spiro atoms. The van der Waals surface area contributed by atoms with Crippen LogP contribution < -0.4 is 5.73 Å². The molecule has 1 amide bonds. The Labute approximate surface area is 131 Å². The number of hydrogen-bond acceptors (Lipinski definition) is 3. The zero-order chi connectivity index (χ0) is 16.1. The summed E-state index contributed by atoms with van der Waals surface area (Å²) in [6.07, 6.45) is 2.21. The van der Waals surface area contributed by atoms with Gasteiger partial charge >= 0.3 is 0 Å². The second-order valence-electron chi connectivity index (χ2n) is 5.94. The Balaban J connectivity index is 1.97. The van der Waals surface area contributed by atoms with Crippen LogP contribution in [0.15, 0.2) is 24.3 Å². The Kier molecular flexibility index (Phi) is 3.16. The number of amides is 1. The van der Waals surface area contributed by atoms with Crippen molar-refractivity contribution in [3.05, 3.63) is 52.9 Å². The third kappa shape index (κ3) is 2.30. The van der Waals surface area contributed by atoms with Crippen LogP contribution in [-0.4, -0.2) is 17.0 Å². The number of primary amides is 1. The third-order valence-electron chi connectivity index (χ3n) is 4.47. The van der Waals surface area contributed by atoms with Gasteiger partial charge in [0.25, 0.3) is 5.91 Å². The lowest BCUT2D eigenvalue weighted by Crippen LogP contribution is -2.23. The summed E-state index contributed by atoms with van der Waals surface area (Å²) in [4.78, 5) is 15.9. The highest BCUT2D eigenvalue weighted by Gasteiger charge is 2.37. The lowest BCUT2D eigenvalue weighted by Gasteiger charge is -2.26. The lowest BCUT2D eigenvalue weighted by atomic mass is 9.92. The van der Waals surface area contributed by atoms with Gasteiger partial charge in [-0.3, -0.25) is 4.79 Å². The van der Waals surface area contributed by atoms with Crippen LogP contribution >= 0.6 is 0 Å². The molecule has 2 bridgehead atoms. The van der Waals surface area contributed by atoms with Crippen molar-refractivity contribution >= 4 is 5.91 Å². The largest absolute Gasteiger partial charge is 0.368 e. The van der Waals surface area contributed by atoms with Crippen molar-refractivity contribution in [3.8, 4) is 11.1 Å². The van der Waals surface area contributed by atoms with Crippen LogP contribution in [-0.2, 0) is 11.2 Å². The molecule has 23 heavy (non-hydrogen) atoms. The molecule has 0 aliphatic carbocycles. The van der Waals surface area contributed by atoms with Crippen LogP contribution in [0.5, 0.6) is 0 Å². The SMILES string of the molecule is NC(=O)c1cc(-c2ccc(F)cc2F)c2c(n1)[C@@H]1CC[C@H](C2)O1. The summed E-state index contributed by atoms with van der Waals surface area (Å²) in [5.74, 6) is -2.00. The minimum atomic E-state index is -0.684. The number of carbonyl (C=O) groups is 1. The first-order valence-electron chi connectivity index (χ1n) is 7.47. The van der Waals surface area contributed by atoms with Crippen LogP contribution in [0.4, 0.5) is 8.78 Å². The van der Waals surface area contributed by atoms with Gasteiger partial charge in [0.05, 0.1) is 11.8 Å². The lowest BCUT2D eigenvalue weighted by molar-refractivity contribution is 0.0295. The van der Waals surface area contributed by atoms with Crippen molar-refractivity contribution in [1.82, 2.24) is 4.98 Å². The van der Waals surface area contributed by atoms with Gasteiger partial charge in [-0.15, -0.1) is 0 Å². The summed E-state index contributed by atoms with van der Waals surface area (Å²) < 4.78 is 33.3. The summed E-state index contributed by atoms with van der Waals surface area (Å²) >= 11 is 0. The third-order valence-corrected chi connectivity index (χ3v) is 4.47. The summed E-state index contributed by atoms with van der Waals surface area (Å²) in [6, 6.07) is 4.90. The van der Waals surface area contributed by atoms with Crippen molar-refractivity contribution in [2.75, 3.05) is 0 Å². The van der Waals surface area contributed by atoms with Gasteiger partial charge in [0.15, 0.2) is 0 Å². The van der Waals surface area contributed by atoms with Crippen LogP contribution in [0, 0.1) is 11.6 Å². The molecule has 1 saturated heterocycles. The second-order valence-corrected chi connectivity index (χ2v) is 5.94. The molecule has 3 heterocycles. The van der Waals surface area contributed by atoms with E-state index in [2.05, 4.69) is 4.98 Å². The fourth-order valence-electron chi connectivity index (χ4n) is 3.43. The predicted octanol–water partition coefficient (Wildman–Crippen LogP) is 2.90. The highest BCUT2D eigenvalue weighted by molar-refractivity contribution is 5.92. The molecule has 1 fully saturated rings. The zero-order valence-corrected chi connectivity index (χ0v) is 12.2. The minimum Gasteiger partial charge on any atom is -0.368 e. The average Bonchev–Trinajstić information content (AvgIpc) is 2.89. The Morgan fingerprint density at radius 2 is 2.04 bits per heavy atom. The fraction of sp³-hybridized carbons (Fsp3) is 0.294. The standard InChI is InChI=1S/C17H14F2N2O2/c18-8-1-3-10(13(19)5-8)11-7-14(17(20)22)21-16-12(11)6-9-2-4-15(16)23-9/h1,3,5,7,9,15H,2,4,6H2,(H2,20,22)/t9-,15+/m1/s1. The number of pyridine rings is 1. The predicted molar refractivity (Wildman–Crippen MR) is 78.7 cm³/mol. The summed E-state index contributed by atoms with van der Waals surface area (Å²) in [5, 5.41) is 0. The van der Waals surface area contributed by atoms with Gasteiger partial charge in [-0.25, -0.2) is 13.8 Å². The summed E-state index contributed by atoms with van der Waals surface area (Å²) in [5.41, 5.74) is 7.72. The van der Waals surface area contributed by atoms with Crippen molar-refractivity contribution in [3.63, 3.8) is 0 Å². The molecule has 4 nitrogen and oxygen atoms in total. The Hall–Kier alpha value is -2.34. The van der Waals surface area contributed by atoms with Gasteiger partial charge in [0.1, 0.15) is 23.4 Å². The van der Waals surface area contributed by atoms with Crippen LogP contribution in [0.3, 0.4) is 0 Å². The number of halogens is 2. The van der Waals surface area contributed by atoms with E-state index in [1.165, 1.54) is 18.2 Å². The van der Waals surface area contributed by atoms with Crippen LogP contribution in [0.25, 0.3) is 11.1 Å². The maximum Gasteiger partial charge on any atom is 0.267 e. The second kappa shape index (κ2) is 5.09. The molecule has 0 unspecified atom stereocenters. The summed E-state index contributed by atoms with van der Waals surface area (Å²) in [7, 11) is 0. The fourth-order valence-corrected chi connectivity index (χ4v) is 3.43. The smallest absolute Gasteiger partial charge is 0.267 e. The molecular formula is C17H14F2N2O2. The molecular weight excluding hydrogens is 302 g/mol. The molecule has 2 aliphatic heterocycles. The first kappa shape index (κ1) is 14.3. The van der Waals surface area contributed by atoms with Crippen molar-refractivity contribution in [1.29, 1.82) is 0 Å². The number of rotatable bonds is 2. The normalized spacial score (nSPS) is 22.0. The molecule has 0 radical (unpaired) electrons. The van der Waals surface area contributed by atoms with Gasteiger partial charge < -0.3 is 10.5 Å². The van der Waals surface area contributed by atoms with Gasteiger partial charge in [-0.05, 0) is 42.2 Å². The molecule has 0 saturated carbocycles. The van der Waals surface area contributed by atoms with E-state index < -0.39 is 17.5 Å². The van der Waals surface area contributed by atoms with E-state index in [-0.39, 0.29) is 23.5 Å². The Morgan fingerprint density at radius 1 is 1.22 bits per heavy atom. The number of hydrogen-bond donors (Lipinski definition) is 1. The molecule has 1 aromatic heterocycles. The van der Waals surface area contributed by atoms with Gasteiger partial charge in [0.2, 0.25) is 0 Å². The molecule has 2 N–H and O–H groups in total. The highest BCUT2D eigenvalue weighted by atomic mass is 19.1. The monoisotopic (exact) mass is 316 g/mol. The van der Waals surface area contributed by atoms with Crippen molar-refractivity contribution in [2.45, 2.75) is 31.5 Å². The molecule has 2 aliphatic rings. The first-order valence-corrected chi connectivity index (χ1v) is 7.47. The van der Waals surface area contributed by atoms with E-state index in [9.17, 15) is 13.6 Å². The number of carbonyl (C=O) groups excluding carboxylic acids is 1. The van der Waals surface area contributed by atoms with Gasteiger partial charge in [-0.1, -0.05) is 0 Å². The average molecular weight is 316 g/mol. The number of nitrogens with zero attached hydrogens (tertiary/aromatic N) is 1. The zero-order valence-electron chi connectivity index (χ0n) is 12.2. The number of nitrogens with two attached hydrogens (primary N) is 1. The highest BCUT2D eigenvalue weighted by Crippen LogP contribution is 2.43. The van der Waals surface area contributed by atoms with E-state index in [1.54, 1.807) is 0 Å². The Morgan fingerprint density at radius 3 is 2.78 bits per heavy atom. The van der Waals surface area contributed by atoms with E-state index >= 15 is 0 Å². The topological polar surface area (TPSA) is 65.2 Å². The molecule has 2 atom stereocenters. The van der Waals surface area contributed by atoms with E-state index in [0.29, 0.717) is 17.7 Å². The molecule has 4 rings (SSSR count). The van der Waals surface area contributed by atoms with Gasteiger partial charge in [0, 0.05) is 18.1 Å². The number of fused-ring (bicyclic) bond motifs is 4. The van der Waals surface area contributed by atoms with Crippen molar-refractivity contribution in [2.24, 2.45) is 5.73 Å². The summed E-state index contributed by atoms with van der Waals surface area (Å²) in [6.45, 7) is 0. The molecule has 118 valence electrons. The van der Waals surface area contributed by atoms with Crippen LogP contribution in [0.2, 0.25) is 0 Å².